The lowest BCUT2D eigenvalue weighted by molar-refractivity contribution is 0.481. The van der Waals surface area contributed by atoms with Crippen LogP contribution in [0.3, 0.4) is 0 Å². The summed E-state index contributed by atoms with van der Waals surface area (Å²) in [6, 6.07) is 51.2. The number of benzene rings is 6. The van der Waals surface area contributed by atoms with Gasteiger partial charge in [-0.15, -0.1) is 0 Å². The molecule has 8 heteroatoms. The number of halogens is 6. The molecular weight excluding hydrogens is 713 g/mol. The third kappa shape index (κ3) is 7.55. The predicted molar refractivity (Wildman–Crippen MR) is 196 cm³/mol. The minimum Gasteiger partial charge on any atom is -0.457 e. The Morgan fingerprint density at radius 3 is 0.766 bits per heavy atom. The summed E-state index contributed by atoms with van der Waals surface area (Å²) in [4.78, 5) is 0. The summed E-state index contributed by atoms with van der Waals surface area (Å²) in [7, 11) is 0. The molecular formula is C39H26Cl6O2. The van der Waals surface area contributed by atoms with Crippen LogP contribution < -0.4 is 9.47 Å². The van der Waals surface area contributed by atoms with Crippen molar-refractivity contribution in [1.29, 1.82) is 0 Å². The van der Waals surface area contributed by atoms with E-state index in [1.54, 1.807) is 48.5 Å². The number of rotatable bonds is 8. The zero-order valence-electron chi connectivity index (χ0n) is 24.6. The van der Waals surface area contributed by atoms with Crippen LogP contribution in [-0.2, 0) is 13.0 Å². The fourth-order valence-electron chi connectivity index (χ4n) is 5.62. The van der Waals surface area contributed by atoms with E-state index in [2.05, 4.69) is 72.8 Å². The van der Waals surface area contributed by atoms with Crippen LogP contribution in [0.2, 0.25) is 0 Å². The van der Waals surface area contributed by atoms with E-state index in [0.717, 1.165) is 22.3 Å². The summed E-state index contributed by atoms with van der Waals surface area (Å²) in [5.41, 5.74) is 4.81. The Bertz CT molecular complexity index is 1750. The molecule has 0 radical (unpaired) electrons. The molecule has 6 aromatic rings. The van der Waals surface area contributed by atoms with Crippen molar-refractivity contribution >= 4 is 69.6 Å². The molecule has 0 aliphatic rings. The second kappa shape index (κ2) is 14.0. The summed E-state index contributed by atoms with van der Waals surface area (Å²) in [5, 5.41) is 0. The van der Waals surface area contributed by atoms with Gasteiger partial charge in [-0.2, -0.15) is 0 Å². The van der Waals surface area contributed by atoms with Gasteiger partial charge in [-0.1, -0.05) is 179 Å². The van der Waals surface area contributed by atoms with Gasteiger partial charge in [-0.25, -0.2) is 0 Å². The lowest BCUT2D eigenvalue weighted by Gasteiger charge is -2.37. The molecule has 0 aliphatic heterocycles. The Labute approximate surface area is 304 Å². The maximum absolute atomic E-state index is 6.16. The van der Waals surface area contributed by atoms with Gasteiger partial charge in [-0.05, 0) is 70.8 Å². The number of hydrogen-bond donors (Lipinski definition) is 0. The van der Waals surface area contributed by atoms with E-state index >= 15 is 0 Å². The van der Waals surface area contributed by atoms with E-state index in [1.807, 2.05) is 36.4 Å². The molecule has 0 N–H and O–H groups in total. The fourth-order valence-corrected chi connectivity index (χ4v) is 6.37. The van der Waals surface area contributed by atoms with Crippen LogP contribution in [0, 0.1) is 0 Å². The van der Waals surface area contributed by atoms with Crippen molar-refractivity contribution < 1.29 is 9.47 Å². The molecule has 47 heavy (non-hydrogen) atoms. The summed E-state index contributed by atoms with van der Waals surface area (Å²) in [5.74, 6) is 2.61. The lowest BCUT2D eigenvalue weighted by Crippen LogP contribution is -2.30. The highest BCUT2D eigenvalue weighted by Crippen LogP contribution is 2.46. The third-order valence-electron chi connectivity index (χ3n) is 7.82. The molecule has 6 rings (SSSR count). The van der Waals surface area contributed by atoms with Gasteiger partial charge in [-0.3, -0.25) is 0 Å². The second-order valence-electron chi connectivity index (χ2n) is 10.8. The minimum absolute atomic E-state index is 0.565. The summed E-state index contributed by atoms with van der Waals surface area (Å²) in [6.45, 7) is 0. The Kier molecular flexibility index (Phi) is 10.0. The van der Waals surface area contributed by atoms with Gasteiger partial charge < -0.3 is 9.47 Å². The molecule has 0 aromatic heterocycles. The average molecular weight is 739 g/mol. The molecule has 0 aliphatic carbocycles. The van der Waals surface area contributed by atoms with Crippen molar-refractivity contribution in [2.45, 2.75) is 13.0 Å². The molecule has 0 saturated carbocycles. The normalized spacial score (nSPS) is 12.0. The first kappa shape index (κ1) is 33.6. The van der Waals surface area contributed by atoms with Crippen molar-refractivity contribution in [3.63, 3.8) is 0 Å². The van der Waals surface area contributed by atoms with E-state index in [-0.39, 0.29) is 0 Å². The summed E-state index contributed by atoms with van der Waals surface area (Å²) >= 11 is 36.1. The van der Waals surface area contributed by atoms with Crippen molar-refractivity contribution in [3.05, 3.63) is 191 Å². The summed E-state index contributed by atoms with van der Waals surface area (Å²) in [6.07, 6.45) is 0. The standard InChI is InChI=1S/C39H26Cl6O2/c40-38(41,42)31-15-23-35(24-16-31)46-33-19-11-29(12-20-33)37(27-7-3-1-4-8-27,28-9-5-2-6-10-28)30-13-21-34(22-14-30)47-36-25-17-32(18-26-36)39(43,44)45/h1-26H. The number of alkyl halides is 6. The first-order chi connectivity index (χ1) is 22.5. The highest BCUT2D eigenvalue weighted by molar-refractivity contribution is 6.67. The molecule has 0 spiro atoms. The van der Waals surface area contributed by atoms with Gasteiger partial charge in [0.15, 0.2) is 0 Å². The van der Waals surface area contributed by atoms with Crippen molar-refractivity contribution in [3.8, 4) is 23.0 Å². The highest BCUT2D eigenvalue weighted by atomic mass is 35.6. The van der Waals surface area contributed by atoms with Crippen LogP contribution in [0.15, 0.2) is 158 Å². The zero-order chi connectivity index (χ0) is 33.1. The maximum atomic E-state index is 6.16. The first-order valence-electron chi connectivity index (χ1n) is 14.6. The van der Waals surface area contributed by atoms with Crippen molar-refractivity contribution in [1.82, 2.24) is 0 Å². The lowest BCUT2D eigenvalue weighted by atomic mass is 9.65. The van der Waals surface area contributed by atoms with Gasteiger partial charge in [0.2, 0.25) is 7.59 Å². The fraction of sp³-hybridized carbons (Fsp3) is 0.0769. The van der Waals surface area contributed by atoms with Crippen molar-refractivity contribution in [2.24, 2.45) is 0 Å². The Hall–Kier alpha value is -3.34. The van der Waals surface area contributed by atoms with E-state index in [0.29, 0.717) is 34.1 Å². The van der Waals surface area contributed by atoms with Gasteiger partial charge in [0.25, 0.3) is 0 Å². The third-order valence-corrected chi connectivity index (χ3v) is 9.13. The van der Waals surface area contributed by atoms with Crippen molar-refractivity contribution in [2.75, 3.05) is 0 Å². The van der Waals surface area contributed by atoms with Crippen LogP contribution in [0.4, 0.5) is 0 Å². The molecule has 236 valence electrons. The number of ether oxygens (including phenoxy) is 2. The van der Waals surface area contributed by atoms with Crippen LogP contribution in [0.1, 0.15) is 33.4 Å². The Morgan fingerprint density at radius 2 is 0.511 bits per heavy atom. The van der Waals surface area contributed by atoms with E-state index < -0.39 is 13.0 Å². The molecule has 0 saturated heterocycles. The molecule has 0 atom stereocenters. The Morgan fingerprint density at radius 1 is 0.277 bits per heavy atom. The zero-order valence-corrected chi connectivity index (χ0v) is 29.1. The molecule has 6 aromatic carbocycles. The molecule has 0 heterocycles. The van der Waals surface area contributed by atoms with Crippen LogP contribution in [0.5, 0.6) is 23.0 Å². The molecule has 0 amide bonds. The van der Waals surface area contributed by atoms with Crippen LogP contribution in [-0.4, -0.2) is 0 Å². The molecule has 2 nitrogen and oxygen atoms in total. The maximum Gasteiger partial charge on any atom is 0.216 e. The summed E-state index contributed by atoms with van der Waals surface area (Å²) < 4.78 is 9.32. The average Bonchev–Trinajstić information content (AvgIpc) is 3.07. The molecule has 0 fully saturated rings. The van der Waals surface area contributed by atoms with Gasteiger partial charge >= 0.3 is 0 Å². The minimum atomic E-state index is -1.50. The smallest absolute Gasteiger partial charge is 0.216 e. The van der Waals surface area contributed by atoms with Gasteiger partial charge in [0.05, 0.1) is 5.41 Å². The topological polar surface area (TPSA) is 18.5 Å². The monoisotopic (exact) mass is 736 g/mol. The van der Waals surface area contributed by atoms with E-state index in [1.165, 1.54) is 0 Å². The van der Waals surface area contributed by atoms with Crippen LogP contribution >= 0.6 is 69.6 Å². The highest BCUT2D eigenvalue weighted by Gasteiger charge is 2.38. The number of hydrogen-bond acceptors (Lipinski definition) is 2. The van der Waals surface area contributed by atoms with Gasteiger partial charge in [0.1, 0.15) is 23.0 Å². The first-order valence-corrected chi connectivity index (χ1v) is 16.8. The molecule has 0 unspecified atom stereocenters. The predicted octanol–water partition coefficient (Wildman–Crippen LogP) is 13.3. The molecule has 0 bridgehead atoms. The van der Waals surface area contributed by atoms with Crippen LogP contribution in [0.25, 0.3) is 0 Å². The van der Waals surface area contributed by atoms with E-state index in [4.69, 9.17) is 79.1 Å². The van der Waals surface area contributed by atoms with E-state index in [9.17, 15) is 0 Å². The quantitative estimate of drug-likeness (QED) is 0.114. The SMILES string of the molecule is ClC(Cl)(Cl)c1ccc(Oc2ccc(C(c3ccccc3)(c3ccccc3)c3ccc(Oc4ccc(C(Cl)(Cl)Cl)cc4)cc3)cc2)cc1. The Balaban J connectivity index is 1.38. The second-order valence-corrected chi connectivity index (χ2v) is 15.3. The van der Waals surface area contributed by atoms with Gasteiger partial charge in [0, 0.05) is 11.1 Å². The largest absolute Gasteiger partial charge is 0.457 e.